The van der Waals surface area contributed by atoms with Crippen LogP contribution in [0.15, 0.2) is 18.2 Å². The predicted octanol–water partition coefficient (Wildman–Crippen LogP) is 1.92. The van der Waals surface area contributed by atoms with Gasteiger partial charge in [-0.1, -0.05) is 0 Å². The fourth-order valence-electron chi connectivity index (χ4n) is 6.49. The summed E-state index contributed by atoms with van der Waals surface area (Å²) in [4.78, 5) is 34.1. The summed E-state index contributed by atoms with van der Waals surface area (Å²) in [6, 6.07) is 4.33. The maximum Gasteiger partial charge on any atom is 0.257 e. The van der Waals surface area contributed by atoms with Crippen molar-refractivity contribution in [2.45, 2.75) is 56.8 Å². The number of nitrogens with zero attached hydrogens (tertiary/aromatic N) is 2. The van der Waals surface area contributed by atoms with E-state index in [-0.39, 0.29) is 23.7 Å². The van der Waals surface area contributed by atoms with Crippen molar-refractivity contribution in [1.82, 2.24) is 14.8 Å². The van der Waals surface area contributed by atoms with Crippen molar-refractivity contribution in [3.63, 3.8) is 0 Å². The number of H-pyrrole nitrogens is 1. The average Bonchev–Trinajstić information content (AvgIpc) is 3.31. The summed E-state index contributed by atoms with van der Waals surface area (Å²) < 4.78 is 19.5. The van der Waals surface area contributed by atoms with E-state index in [1.54, 1.807) is 13.0 Å². The van der Waals surface area contributed by atoms with Gasteiger partial charge >= 0.3 is 0 Å². The van der Waals surface area contributed by atoms with Crippen molar-refractivity contribution in [3.8, 4) is 0 Å². The van der Waals surface area contributed by atoms with Crippen LogP contribution < -0.4 is 5.32 Å². The van der Waals surface area contributed by atoms with Crippen molar-refractivity contribution in [1.29, 1.82) is 0 Å². The zero-order valence-electron chi connectivity index (χ0n) is 19.4. The van der Waals surface area contributed by atoms with Gasteiger partial charge in [0.05, 0.1) is 36.8 Å². The number of anilines is 1. The Morgan fingerprint density at radius 2 is 2.15 bits per heavy atom. The normalized spacial score (nSPS) is 30.8. The Morgan fingerprint density at radius 1 is 1.32 bits per heavy atom. The number of aromatic amines is 1. The van der Waals surface area contributed by atoms with Crippen molar-refractivity contribution in [2.75, 3.05) is 31.6 Å². The summed E-state index contributed by atoms with van der Waals surface area (Å²) in [6.45, 7) is 6.01. The highest BCUT2D eigenvalue weighted by molar-refractivity contribution is 6.03. The molecule has 5 atom stereocenters. The van der Waals surface area contributed by atoms with Gasteiger partial charge in [0.15, 0.2) is 0 Å². The molecule has 0 saturated carbocycles. The number of aliphatic hydroxyl groups excluding tert-OH is 1. The Bertz CT molecular complexity index is 1180. The molecule has 4 aliphatic heterocycles. The lowest BCUT2D eigenvalue weighted by molar-refractivity contribution is -0.117. The SMILES string of the molecule is Cc1c(CC2C(=O)Nc3ccc(F)cc32)[nH]c2c1C(=O)N(C1([C@@H](C)O)C3COCCN31)CCC2. The van der Waals surface area contributed by atoms with Gasteiger partial charge in [0.25, 0.3) is 5.91 Å². The lowest BCUT2D eigenvalue weighted by atomic mass is 9.93. The molecule has 1 aromatic heterocycles. The van der Waals surface area contributed by atoms with E-state index in [2.05, 4.69) is 15.2 Å². The minimum absolute atomic E-state index is 0.000879. The molecule has 0 aliphatic carbocycles. The standard InChI is InChI=1S/C25H29FN4O4/c1-13-20(11-17-16-10-15(26)5-6-18(16)28-23(17)32)27-19-4-3-7-30(24(33)22(13)19)25(14(2)31)21-12-34-9-8-29(21)25/h5-6,10,14,17,21,27,31H,3-4,7-9,11-12H2,1-2H3,(H,28,32)/t14-,17?,21?,25?,29?/m1/s1. The number of nitrogens with one attached hydrogen (secondary N) is 2. The highest BCUT2D eigenvalue weighted by Gasteiger charge is 2.71. The minimum atomic E-state index is -0.735. The number of benzene rings is 1. The maximum absolute atomic E-state index is 13.9. The van der Waals surface area contributed by atoms with Crippen molar-refractivity contribution in [2.24, 2.45) is 0 Å². The molecule has 180 valence electrons. The lowest BCUT2D eigenvalue weighted by Crippen LogP contribution is -2.53. The Balaban J connectivity index is 1.34. The molecule has 34 heavy (non-hydrogen) atoms. The van der Waals surface area contributed by atoms with E-state index in [1.807, 2.05) is 11.8 Å². The molecular formula is C25H29FN4O4. The smallest absolute Gasteiger partial charge is 0.257 e. The Morgan fingerprint density at radius 3 is 2.88 bits per heavy atom. The monoisotopic (exact) mass is 468 g/mol. The molecule has 5 heterocycles. The van der Waals surface area contributed by atoms with Crippen LogP contribution in [-0.2, 0) is 22.4 Å². The summed E-state index contributed by atoms with van der Waals surface area (Å²) in [7, 11) is 0. The van der Waals surface area contributed by atoms with Gasteiger partial charge in [-0.3, -0.25) is 14.5 Å². The number of carbonyl (C=O) groups excluding carboxylic acids is 2. The second-order valence-electron chi connectivity index (χ2n) is 9.86. The van der Waals surface area contributed by atoms with Gasteiger partial charge in [-0.05, 0) is 56.0 Å². The molecule has 1 aromatic carbocycles. The summed E-state index contributed by atoms with van der Waals surface area (Å²) in [5, 5.41) is 13.6. The quantitative estimate of drug-likeness (QED) is 0.596. The number of carbonyl (C=O) groups is 2. The molecular weight excluding hydrogens is 439 g/mol. The van der Waals surface area contributed by atoms with Crippen LogP contribution in [0.25, 0.3) is 0 Å². The first-order chi connectivity index (χ1) is 16.3. The van der Waals surface area contributed by atoms with Gasteiger partial charge in [0.2, 0.25) is 5.91 Å². The van der Waals surface area contributed by atoms with Crippen LogP contribution in [0.3, 0.4) is 0 Å². The number of hydrogen-bond acceptors (Lipinski definition) is 5. The van der Waals surface area contributed by atoms with Gasteiger partial charge < -0.3 is 25.0 Å². The van der Waals surface area contributed by atoms with Gasteiger partial charge in [-0.25, -0.2) is 4.39 Å². The Kier molecular flexibility index (Phi) is 4.88. The second kappa shape index (κ2) is 7.63. The number of halogens is 1. The Labute approximate surface area is 197 Å². The van der Waals surface area contributed by atoms with Crippen LogP contribution in [0.5, 0.6) is 0 Å². The number of morpholine rings is 1. The number of amides is 2. The predicted molar refractivity (Wildman–Crippen MR) is 122 cm³/mol. The van der Waals surface area contributed by atoms with E-state index in [0.717, 1.165) is 23.4 Å². The average molecular weight is 469 g/mol. The number of aromatic nitrogens is 1. The lowest BCUT2D eigenvalue weighted by Gasteiger charge is -2.34. The molecule has 8 nitrogen and oxygen atoms in total. The highest BCUT2D eigenvalue weighted by atomic mass is 19.1. The second-order valence-corrected chi connectivity index (χ2v) is 9.86. The molecule has 2 saturated heterocycles. The molecule has 6 rings (SSSR count). The third kappa shape index (κ3) is 2.93. The number of hydrogen-bond donors (Lipinski definition) is 3. The van der Waals surface area contributed by atoms with Crippen LogP contribution >= 0.6 is 0 Å². The van der Waals surface area contributed by atoms with Gasteiger partial charge in [0.1, 0.15) is 11.5 Å². The number of aryl methyl sites for hydroxylation is 1. The van der Waals surface area contributed by atoms with E-state index >= 15 is 0 Å². The van der Waals surface area contributed by atoms with E-state index < -0.39 is 17.7 Å². The molecule has 4 unspecified atom stereocenters. The summed E-state index contributed by atoms with van der Waals surface area (Å²) in [6.07, 6.45) is 1.12. The largest absolute Gasteiger partial charge is 0.389 e. The van der Waals surface area contributed by atoms with Crippen molar-refractivity contribution < 1.29 is 23.8 Å². The fraction of sp³-hybridized carbons (Fsp3) is 0.520. The molecule has 3 N–H and O–H groups in total. The molecule has 0 radical (unpaired) electrons. The minimum Gasteiger partial charge on any atom is -0.389 e. The number of aliphatic hydroxyl groups is 1. The Hall–Kier alpha value is -2.75. The summed E-state index contributed by atoms with van der Waals surface area (Å²) >= 11 is 0. The van der Waals surface area contributed by atoms with Gasteiger partial charge in [0, 0.05) is 36.6 Å². The topological polar surface area (TPSA) is 97.7 Å². The first kappa shape index (κ1) is 21.8. The van der Waals surface area contributed by atoms with Crippen LogP contribution in [0.1, 0.15) is 52.1 Å². The van der Waals surface area contributed by atoms with Crippen molar-refractivity contribution in [3.05, 3.63) is 52.1 Å². The van der Waals surface area contributed by atoms with E-state index in [0.29, 0.717) is 56.0 Å². The maximum atomic E-state index is 13.9. The highest BCUT2D eigenvalue weighted by Crippen LogP contribution is 2.50. The molecule has 0 bridgehead atoms. The third-order valence-electron chi connectivity index (χ3n) is 8.13. The van der Waals surface area contributed by atoms with Crippen LogP contribution in [-0.4, -0.2) is 75.8 Å². The van der Waals surface area contributed by atoms with Crippen LogP contribution in [0.4, 0.5) is 10.1 Å². The number of rotatable bonds is 4. The van der Waals surface area contributed by atoms with Gasteiger partial charge in [-0.15, -0.1) is 0 Å². The zero-order valence-corrected chi connectivity index (χ0v) is 19.4. The molecule has 4 aliphatic rings. The van der Waals surface area contributed by atoms with E-state index in [9.17, 15) is 19.1 Å². The van der Waals surface area contributed by atoms with Gasteiger partial charge in [-0.2, -0.15) is 0 Å². The molecule has 2 amide bonds. The zero-order chi connectivity index (χ0) is 23.8. The van der Waals surface area contributed by atoms with Crippen molar-refractivity contribution >= 4 is 17.5 Å². The first-order valence-corrected chi connectivity index (χ1v) is 12.0. The molecule has 2 fully saturated rings. The van der Waals surface area contributed by atoms with Crippen LogP contribution in [0, 0.1) is 12.7 Å². The first-order valence-electron chi connectivity index (χ1n) is 12.0. The molecule has 9 heteroatoms. The number of ether oxygens (including phenoxy) is 1. The fourth-order valence-corrected chi connectivity index (χ4v) is 6.49. The number of fused-ring (bicyclic) bond motifs is 3. The summed E-state index contributed by atoms with van der Waals surface area (Å²) in [5.74, 6) is -1.15. The molecule has 0 spiro atoms. The third-order valence-corrected chi connectivity index (χ3v) is 8.13. The van der Waals surface area contributed by atoms with E-state index in [4.69, 9.17) is 4.74 Å². The summed E-state index contributed by atoms with van der Waals surface area (Å²) in [5.41, 5.74) is 3.69. The van der Waals surface area contributed by atoms with Crippen LogP contribution in [0.2, 0.25) is 0 Å². The van der Waals surface area contributed by atoms with E-state index in [1.165, 1.54) is 12.1 Å². The molecule has 2 aromatic rings.